The summed E-state index contributed by atoms with van der Waals surface area (Å²) in [6.07, 6.45) is 3.48. The molecule has 2 heterocycles. The number of benzene rings is 2. The van der Waals surface area contributed by atoms with Gasteiger partial charge in [-0.1, -0.05) is 104 Å². The Balaban J connectivity index is 1.90. The quantitative estimate of drug-likeness (QED) is 0.174. The van der Waals surface area contributed by atoms with Gasteiger partial charge in [-0.2, -0.15) is 0 Å². The van der Waals surface area contributed by atoms with Crippen LogP contribution in [-0.4, -0.2) is 239 Å². The number of piperidine rings is 1. The van der Waals surface area contributed by atoms with Gasteiger partial charge in [-0.15, -0.1) is 0 Å². The number of amides is 12. The zero-order valence-electron chi connectivity index (χ0n) is 58.9. The van der Waals surface area contributed by atoms with Gasteiger partial charge in [0, 0.05) is 83.4 Å². The molecule has 4 rings (SSSR count). The van der Waals surface area contributed by atoms with Gasteiger partial charge in [0.05, 0.1) is 26.1 Å². The number of rotatable bonds is 15. The van der Waals surface area contributed by atoms with Crippen LogP contribution < -0.4 is 21.3 Å². The SMILES string of the molecule is CCCC[C@@H]1NC(=O)[C@H](Cc2cccc(I)c2)NC(=O)CN(C)C(=O)[C@H](Cc2ccc(Cl)cc2)N(CC)C(=O)CN(C)C(=O)CN(C)C(=O)[C@H]([C@@H](C)CC)NC(=O)[C@H](CC(C)C)N(C)C(=O)CC(C(=O)N2CCCCC2)N(C)C(=O)[C@H](CC(C)C)NC(=O)C(C)(C)N(C)C1=O. The summed E-state index contributed by atoms with van der Waals surface area (Å²) in [5.74, 6) is -8.78. The smallest absolute Gasteiger partial charge is 0.246 e. The van der Waals surface area contributed by atoms with E-state index in [0.717, 1.165) is 24.7 Å². The molecule has 0 spiro atoms. The largest absolute Gasteiger partial charge is 0.343 e. The summed E-state index contributed by atoms with van der Waals surface area (Å²) in [4.78, 5) is 187. The highest BCUT2D eigenvalue weighted by Gasteiger charge is 2.44. The summed E-state index contributed by atoms with van der Waals surface area (Å²) < 4.78 is 0.846. The average Bonchev–Trinajstić information content (AvgIpc) is 0.826. The van der Waals surface area contributed by atoms with E-state index in [1.807, 2.05) is 53.7 Å². The summed E-state index contributed by atoms with van der Waals surface area (Å²) in [5.41, 5.74) is -0.406. The first-order valence-corrected chi connectivity index (χ1v) is 34.9. The molecular formula is C69H106ClIN12O12. The van der Waals surface area contributed by atoms with Crippen LogP contribution >= 0.6 is 34.2 Å². The Morgan fingerprint density at radius 1 is 0.611 bits per heavy atom. The second-order valence-electron chi connectivity index (χ2n) is 27.0. The van der Waals surface area contributed by atoms with Crippen molar-refractivity contribution in [3.05, 3.63) is 68.3 Å². The lowest BCUT2D eigenvalue weighted by Crippen LogP contribution is -2.63. The van der Waals surface area contributed by atoms with Crippen LogP contribution in [0, 0.1) is 21.3 Å². The molecule has 528 valence electrons. The number of likely N-dealkylation sites (tertiary alicyclic amines) is 1. The molecule has 26 heteroatoms. The third-order valence-corrected chi connectivity index (χ3v) is 19.1. The van der Waals surface area contributed by atoms with Crippen molar-refractivity contribution in [3.63, 3.8) is 0 Å². The summed E-state index contributed by atoms with van der Waals surface area (Å²) in [7, 11) is 8.43. The fourth-order valence-electron chi connectivity index (χ4n) is 11.7. The van der Waals surface area contributed by atoms with Gasteiger partial charge < -0.3 is 60.5 Å². The topological polar surface area (TPSA) is 279 Å². The number of hydrogen-bond acceptors (Lipinski definition) is 12. The monoisotopic (exact) mass is 1460 g/mol. The molecule has 2 saturated heterocycles. The Kier molecular flexibility index (Phi) is 31.8. The standard InChI is InChI=1S/C69H106ClIN12O12/c1-17-20-27-50-64(91)81(16)69(9,10)68(95)74-52(34-43(4)5)63(90)80(15)54(66(93)82-32-22-21-23-33-82)39-57(85)79(14)53(35-44(6)7)62(89)75-60(45(8)18-2)67(94)78(13)41-58(86)76(11)42-59(87)83(19-3)55(38-46-28-30-48(70)31-29-46)65(92)77(12)40-56(84)72-51(61(88)73-50)37-47-25-24-26-49(71)36-47/h24-26,28-31,36,43-45,50-55,60H,17-23,27,32-35,37-42H2,1-16H3,(H,72,84)(H,73,88)(H,74,95)(H,75,89)/t45-,50-,51-,52-,53-,54?,55-,60-/m0/s1. The number of hydrogen-bond donors (Lipinski definition) is 4. The molecule has 2 aliphatic rings. The van der Waals surface area contributed by atoms with E-state index in [2.05, 4.69) is 43.9 Å². The number of nitrogens with one attached hydrogen (secondary N) is 4. The molecule has 2 fully saturated rings. The maximum atomic E-state index is 15.1. The molecule has 2 aliphatic heterocycles. The highest BCUT2D eigenvalue weighted by Crippen LogP contribution is 2.24. The molecule has 0 aromatic heterocycles. The lowest BCUT2D eigenvalue weighted by atomic mass is 9.95. The second kappa shape index (κ2) is 37.6. The molecule has 0 radical (unpaired) electrons. The van der Waals surface area contributed by atoms with Crippen LogP contribution in [0.2, 0.25) is 5.02 Å². The average molecular weight is 1460 g/mol. The zero-order chi connectivity index (χ0) is 71.3. The zero-order valence-corrected chi connectivity index (χ0v) is 61.8. The van der Waals surface area contributed by atoms with Gasteiger partial charge in [0.2, 0.25) is 70.9 Å². The molecule has 8 atom stereocenters. The predicted octanol–water partition coefficient (Wildman–Crippen LogP) is 4.90. The highest BCUT2D eigenvalue weighted by molar-refractivity contribution is 14.1. The van der Waals surface area contributed by atoms with Crippen molar-refractivity contribution in [2.75, 3.05) is 81.6 Å². The van der Waals surface area contributed by atoms with Crippen LogP contribution in [0.15, 0.2) is 48.5 Å². The third-order valence-electron chi connectivity index (χ3n) is 18.2. The third kappa shape index (κ3) is 23.1. The van der Waals surface area contributed by atoms with E-state index < -0.39 is 151 Å². The van der Waals surface area contributed by atoms with E-state index in [0.29, 0.717) is 61.3 Å². The molecule has 95 heavy (non-hydrogen) atoms. The van der Waals surface area contributed by atoms with Gasteiger partial charge >= 0.3 is 0 Å². The van der Waals surface area contributed by atoms with Crippen molar-refractivity contribution >= 4 is 105 Å². The highest BCUT2D eigenvalue weighted by atomic mass is 127. The summed E-state index contributed by atoms with van der Waals surface area (Å²) in [5, 5.41) is 11.9. The van der Waals surface area contributed by atoms with E-state index in [9.17, 15) is 52.7 Å². The first-order valence-electron chi connectivity index (χ1n) is 33.4. The Hall–Kier alpha value is -6.90. The van der Waals surface area contributed by atoms with Crippen molar-refractivity contribution in [2.24, 2.45) is 17.8 Å². The molecule has 4 N–H and O–H groups in total. The van der Waals surface area contributed by atoms with Crippen LogP contribution in [0.3, 0.4) is 0 Å². The fraction of sp³-hybridized carbons (Fsp3) is 0.652. The molecule has 0 aliphatic carbocycles. The van der Waals surface area contributed by atoms with E-state index in [1.165, 1.54) is 75.7 Å². The molecule has 1 unspecified atom stereocenters. The first kappa shape index (κ1) is 80.5. The van der Waals surface area contributed by atoms with Gasteiger partial charge in [0.1, 0.15) is 47.8 Å². The number of carbonyl (C=O) groups excluding carboxylic acids is 12. The Bertz CT molecular complexity index is 3020. The van der Waals surface area contributed by atoms with Crippen LogP contribution in [0.25, 0.3) is 0 Å². The van der Waals surface area contributed by atoms with Crippen LogP contribution in [0.4, 0.5) is 0 Å². The van der Waals surface area contributed by atoms with Crippen LogP contribution in [0.1, 0.15) is 145 Å². The summed E-state index contributed by atoms with van der Waals surface area (Å²) in [6, 6.07) is 5.13. The molecule has 12 amide bonds. The van der Waals surface area contributed by atoms with Gasteiger partial charge in [-0.25, -0.2) is 0 Å². The maximum absolute atomic E-state index is 15.1. The first-order chi connectivity index (χ1) is 44.6. The van der Waals surface area contributed by atoms with Crippen molar-refractivity contribution in [1.29, 1.82) is 0 Å². The van der Waals surface area contributed by atoms with Gasteiger partial charge in [-0.05, 0) is 135 Å². The van der Waals surface area contributed by atoms with E-state index in [4.69, 9.17) is 11.6 Å². The number of nitrogens with zero attached hydrogens (tertiary/aromatic N) is 8. The molecule has 2 aromatic rings. The molecular weight excluding hydrogens is 1350 g/mol. The predicted molar refractivity (Wildman–Crippen MR) is 373 cm³/mol. The number of likely N-dealkylation sites (N-methyl/N-ethyl adjacent to an activating group) is 7. The molecule has 2 aromatic carbocycles. The molecule has 0 saturated carbocycles. The van der Waals surface area contributed by atoms with Gasteiger partial charge in [0.15, 0.2) is 0 Å². The normalized spacial score (nSPS) is 23.8. The number of halogens is 2. The lowest BCUT2D eigenvalue weighted by molar-refractivity contribution is -0.152. The van der Waals surface area contributed by atoms with Crippen LogP contribution in [-0.2, 0) is 70.4 Å². The second-order valence-corrected chi connectivity index (χ2v) is 28.7. The minimum absolute atomic E-state index is 0.0159. The van der Waals surface area contributed by atoms with Crippen molar-refractivity contribution in [1.82, 2.24) is 60.5 Å². The van der Waals surface area contributed by atoms with E-state index >= 15 is 4.79 Å². The number of carbonyl (C=O) groups is 12. The van der Waals surface area contributed by atoms with Crippen LogP contribution in [0.5, 0.6) is 0 Å². The van der Waals surface area contributed by atoms with E-state index in [-0.39, 0.29) is 50.5 Å². The van der Waals surface area contributed by atoms with Crippen molar-refractivity contribution in [3.8, 4) is 0 Å². The van der Waals surface area contributed by atoms with Crippen molar-refractivity contribution < 1.29 is 57.5 Å². The lowest BCUT2D eigenvalue weighted by Gasteiger charge is -2.39. The van der Waals surface area contributed by atoms with Crippen molar-refractivity contribution in [2.45, 2.75) is 194 Å². The Morgan fingerprint density at radius 2 is 1.22 bits per heavy atom. The summed E-state index contributed by atoms with van der Waals surface area (Å²) >= 11 is 8.39. The minimum atomic E-state index is -1.69. The van der Waals surface area contributed by atoms with E-state index in [1.54, 1.807) is 55.1 Å². The molecule has 24 nitrogen and oxygen atoms in total. The molecule has 0 bridgehead atoms. The van der Waals surface area contributed by atoms with Gasteiger partial charge in [0.25, 0.3) is 0 Å². The minimum Gasteiger partial charge on any atom is -0.343 e. The maximum Gasteiger partial charge on any atom is 0.246 e. The Morgan fingerprint density at radius 3 is 1.80 bits per heavy atom. The Labute approximate surface area is 581 Å². The fourth-order valence-corrected chi connectivity index (χ4v) is 12.4. The number of unbranched alkanes of at least 4 members (excludes halogenated alkanes) is 1. The summed E-state index contributed by atoms with van der Waals surface area (Å²) in [6.45, 7) is 16.7. The van der Waals surface area contributed by atoms with Gasteiger partial charge in [-0.3, -0.25) is 57.5 Å².